The zero-order chi connectivity index (χ0) is 13.2. The molecule has 0 bridgehead atoms. The zero-order valence-electron chi connectivity index (χ0n) is 9.62. The Bertz CT molecular complexity index is 530. The predicted octanol–water partition coefficient (Wildman–Crippen LogP) is 1.51. The minimum Gasteiger partial charge on any atom is -0.313 e. The van der Waals surface area contributed by atoms with Crippen molar-refractivity contribution in [1.29, 1.82) is 0 Å². The lowest BCUT2D eigenvalue weighted by molar-refractivity contribution is 0.551. The summed E-state index contributed by atoms with van der Waals surface area (Å²) >= 11 is 5.73. The van der Waals surface area contributed by atoms with Crippen molar-refractivity contribution in [3.63, 3.8) is 0 Å². The van der Waals surface area contributed by atoms with Crippen LogP contribution in [0.2, 0.25) is 5.02 Å². The van der Waals surface area contributed by atoms with Crippen LogP contribution >= 0.6 is 11.6 Å². The van der Waals surface area contributed by atoms with Crippen LogP contribution in [0.3, 0.4) is 0 Å². The Labute approximate surface area is 111 Å². The van der Waals surface area contributed by atoms with Crippen LogP contribution in [0, 0.1) is 5.82 Å². The van der Waals surface area contributed by atoms with E-state index in [2.05, 4.69) is 10.0 Å². The Morgan fingerprint density at radius 2 is 2.28 bits per heavy atom. The van der Waals surface area contributed by atoms with Crippen LogP contribution in [0.15, 0.2) is 23.1 Å². The van der Waals surface area contributed by atoms with Crippen molar-refractivity contribution in [3.05, 3.63) is 29.0 Å². The second-order valence-electron chi connectivity index (χ2n) is 4.22. The smallest absolute Gasteiger partial charge is 0.242 e. The summed E-state index contributed by atoms with van der Waals surface area (Å²) in [6.45, 7) is 1.22. The molecule has 1 atom stereocenters. The van der Waals surface area contributed by atoms with E-state index in [1.165, 1.54) is 6.07 Å². The number of hydrogen-bond acceptors (Lipinski definition) is 3. The first-order valence-corrected chi connectivity index (χ1v) is 7.53. The average Bonchev–Trinajstić information content (AvgIpc) is 2.78. The Hall–Kier alpha value is -0.690. The molecule has 1 saturated heterocycles. The van der Waals surface area contributed by atoms with Gasteiger partial charge < -0.3 is 5.32 Å². The molecular weight excluding hydrogens is 279 g/mol. The van der Waals surface area contributed by atoms with Crippen molar-refractivity contribution in [2.45, 2.75) is 23.8 Å². The molecule has 1 heterocycles. The number of halogens is 2. The van der Waals surface area contributed by atoms with Crippen LogP contribution in [0.5, 0.6) is 0 Å². The highest BCUT2D eigenvalue weighted by atomic mass is 35.5. The van der Waals surface area contributed by atoms with E-state index in [1.807, 2.05) is 0 Å². The molecular formula is C11H14ClFN2O2S. The molecule has 1 aromatic carbocycles. The molecule has 0 aromatic heterocycles. The predicted molar refractivity (Wildman–Crippen MR) is 67.6 cm³/mol. The number of benzene rings is 1. The highest BCUT2D eigenvalue weighted by Crippen LogP contribution is 2.22. The molecule has 0 radical (unpaired) electrons. The maximum absolute atomic E-state index is 12.9. The fourth-order valence-corrected chi connectivity index (χ4v) is 3.52. The van der Waals surface area contributed by atoms with Gasteiger partial charge in [-0.25, -0.2) is 17.5 Å². The second-order valence-corrected chi connectivity index (χ2v) is 6.36. The quantitative estimate of drug-likeness (QED) is 0.884. The molecule has 1 aliphatic heterocycles. The van der Waals surface area contributed by atoms with Crippen molar-refractivity contribution >= 4 is 21.6 Å². The van der Waals surface area contributed by atoms with Crippen LogP contribution in [0.4, 0.5) is 4.39 Å². The summed E-state index contributed by atoms with van der Waals surface area (Å²) in [7, 11) is -3.68. The fraction of sp³-hybridized carbons (Fsp3) is 0.455. The van der Waals surface area contributed by atoms with E-state index in [1.54, 1.807) is 0 Å². The maximum atomic E-state index is 12.9. The van der Waals surface area contributed by atoms with Crippen LogP contribution in [-0.2, 0) is 10.0 Å². The van der Waals surface area contributed by atoms with Gasteiger partial charge in [0.2, 0.25) is 10.0 Å². The molecule has 1 aromatic rings. The molecule has 0 saturated carbocycles. The largest absolute Gasteiger partial charge is 0.313 e. The Morgan fingerprint density at radius 3 is 2.89 bits per heavy atom. The summed E-state index contributed by atoms with van der Waals surface area (Å²) in [4.78, 5) is -0.0939. The molecule has 7 heteroatoms. The first-order chi connectivity index (χ1) is 8.49. The molecule has 1 aliphatic rings. The van der Waals surface area contributed by atoms with Crippen molar-refractivity contribution in [3.8, 4) is 0 Å². The molecule has 4 nitrogen and oxygen atoms in total. The number of hydrogen-bond donors (Lipinski definition) is 2. The first-order valence-electron chi connectivity index (χ1n) is 5.67. The van der Waals surface area contributed by atoms with Gasteiger partial charge in [-0.3, -0.25) is 0 Å². The number of sulfonamides is 1. The lowest BCUT2D eigenvalue weighted by Crippen LogP contribution is -2.37. The lowest BCUT2D eigenvalue weighted by Gasteiger charge is -2.12. The third-order valence-electron chi connectivity index (χ3n) is 2.87. The SMILES string of the molecule is O=S(=O)(NC[C@H]1CCCN1)c1ccc(F)cc1Cl. The van der Waals surface area contributed by atoms with Crippen molar-refractivity contribution < 1.29 is 12.8 Å². The lowest BCUT2D eigenvalue weighted by atomic mass is 10.2. The van der Waals surface area contributed by atoms with Crippen LogP contribution in [0.1, 0.15) is 12.8 Å². The molecule has 1 fully saturated rings. The minimum absolute atomic E-state index is 0.0939. The van der Waals surface area contributed by atoms with Gasteiger partial charge in [-0.1, -0.05) is 11.6 Å². The van der Waals surface area contributed by atoms with Gasteiger partial charge in [-0.15, -0.1) is 0 Å². The van der Waals surface area contributed by atoms with Gasteiger partial charge in [0, 0.05) is 12.6 Å². The molecule has 0 unspecified atom stereocenters. The van der Waals surface area contributed by atoms with Gasteiger partial charge in [0.1, 0.15) is 10.7 Å². The highest BCUT2D eigenvalue weighted by molar-refractivity contribution is 7.89. The molecule has 2 N–H and O–H groups in total. The summed E-state index contributed by atoms with van der Waals surface area (Å²) in [6, 6.07) is 3.39. The maximum Gasteiger partial charge on any atom is 0.242 e. The summed E-state index contributed by atoms with van der Waals surface area (Å²) in [6.07, 6.45) is 1.99. The van der Waals surface area contributed by atoms with Crippen molar-refractivity contribution in [2.24, 2.45) is 0 Å². The van der Waals surface area contributed by atoms with Gasteiger partial charge in [-0.05, 0) is 37.6 Å². The van der Waals surface area contributed by atoms with E-state index in [0.29, 0.717) is 6.54 Å². The van der Waals surface area contributed by atoms with E-state index < -0.39 is 15.8 Å². The van der Waals surface area contributed by atoms with Gasteiger partial charge in [-0.2, -0.15) is 0 Å². The van der Waals surface area contributed by atoms with Crippen LogP contribution < -0.4 is 10.0 Å². The molecule has 0 spiro atoms. The van der Waals surface area contributed by atoms with E-state index in [0.717, 1.165) is 31.5 Å². The average molecular weight is 293 g/mol. The molecule has 18 heavy (non-hydrogen) atoms. The molecule has 100 valence electrons. The topological polar surface area (TPSA) is 58.2 Å². The standard InChI is InChI=1S/C11H14ClFN2O2S/c12-10-6-8(13)3-4-11(10)18(16,17)15-7-9-2-1-5-14-9/h3-4,6,9,14-15H,1-2,5,7H2/t9-/m1/s1. The summed E-state index contributed by atoms with van der Waals surface area (Å²) in [5.74, 6) is -0.559. The summed E-state index contributed by atoms with van der Waals surface area (Å²) in [5, 5.41) is 3.08. The normalized spacial score (nSPS) is 20.2. The minimum atomic E-state index is -3.68. The third-order valence-corrected chi connectivity index (χ3v) is 4.77. The van der Waals surface area contributed by atoms with Gasteiger partial charge in [0.25, 0.3) is 0 Å². The van der Waals surface area contributed by atoms with Crippen molar-refractivity contribution in [2.75, 3.05) is 13.1 Å². The summed E-state index contributed by atoms with van der Waals surface area (Å²) < 4.78 is 39.3. The van der Waals surface area contributed by atoms with Gasteiger partial charge in [0.15, 0.2) is 0 Å². The zero-order valence-corrected chi connectivity index (χ0v) is 11.2. The van der Waals surface area contributed by atoms with E-state index in [4.69, 9.17) is 11.6 Å². The fourth-order valence-electron chi connectivity index (χ4n) is 1.91. The van der Waals surface area contributed by atoms with Crippen LogP contribution in [-0.4, -0.2) is 27.5 Å². The Kier molecular flexibility index (Phi) is 4.21. The van der Waals surface area contributed by atoms with Gasteiger partial charge >= 0.3 is 0 Å². The van der Waals surface area contributed by atoms with E-state index in [9.17, 15) is 12.8 Å². The van der Waals surface area contributed by atoms with E-state index >= 15 is 0 Å². The third kappa shape index (κ3) is 3.20. The van der Waals surface area contributed by atoms with Gasteiger partial charge in [0.05, 0.1) is 5.02 Å². The Balaban J connectivity index is 2.09. The highest BCUT2D eigenvalue weighted by Gasteiger charge is 2.21. The monoisotopic (exact) mass is 292 g/mol. The van der Waals surface area contributed by atoms with Crippen LogP contribution in [0.25, 0.3) is 0 Å². The summed E-state index contributed by atoms with van der Waals surface area (Å²) in [5.41, 5.74) is 0. The van der Waals surface area contributed by atoms with Crippen molar-refractivity contribution in [1.82, 2.24) is 10.0 Å². The molecule has 0 amide bonds. The van der Waals surface area contributed by atoms with E-state index in [-0.39, 0.29) is 16.0 Å². The number of rotatable bonds is 4. The number of nitrogens with one attached hydrogen (secondary N) is 2. The molecule has 0 aliphatic carbocycles. The second kappa shape index (κ2) is 5.52. The molecule has 2 rings (SSSR count). The Morgan fingerprint density at radius 1 is 1.50 bits per heavy atom. The first kappa shape index (κ1) is 13.7.